The minimum Gasteiger partial charge on any atom is -0.331 e. The van der Waals surface area contributed by atoms with Crippen LogP contribution in [0.3, 0.4) is 0 Å². The number of benzene rings is 2. The standard InChI is InChI=1S/C22H19N5/c1-2-7-17-14-18(11-10-16(17)6-1)20-15-24-26-22(25-20)27-13-5-9-21(27)19-8-3-4-12-23-19/h1-4,6-8,10-12,14-15,21H,5,9,13H2. The molecule has 1 unspecified atom stereocenters. The molecule has 1 aliphatic rings. The van der Waals surface area contributed by atoms with Crippen molar-refractivity contribution in [2.45, 2.75) is 18.9 Å². The largest absolute Gasteiger partial charge is 0.331 e. The summed E-state index contributed by atoms with van der Waals surface area (Å²) in [6, 6.07) is 21.0. The van der Waals surface area contributed by atoms with Crippen LogP contribution in [0.15, 0.2) is 73.1 Å². The smallest absolute Gasteiger partial charge is 0.246 e. The third-order valence-electron chi connectivity index (χ3n) is 5.13. The van der Waals surface area contributed by atoms with Gasteiger partial charge in [0.15, 0.2) is 0 Å². The predicted molar refractivity (Wildman–Crippen MR) is 106 cm³/mol. The average molecular weight is 353 g/mol. The number of hydrogen-bond acceptors (Lipinski definition) is 5. The second-order valence-electron chi connectivity index (χ2n) is 6.81. The molecule has 1 saturated heterocycles. The van der Waals surface area contributed by atoms with Gasteiger partial charge < -0.3 is 4.90 Å². The van der Waals surface area contributed by atoms with E-state index in [-0.39, 0.29) is 6.04 Å². The minimum atomic E-state index is 0.208. The molecule has 0 amide bonds. The fourth-order valence-corrected chi connectivity index (χ4v) is 3.79. The van der Waals surface area contributed by atoms with E-state index in [1.54, 1.807) is 6.20 Å². The van der Waals surface area contributed by atoms with E-state index in [4.69, 9.17) is 4.98 Å². The highest BCUT2D eigenvalue weighted by Crippen LogP contribution is 2.34. The fourth-order valence-electron chi connectivity index (χ4n) is 3.79. The molecule has 0 saturated carbocycles. The van der Waals surface area contributed by atoms with Gasteiger partial charge >= 0.3 is 0 Å². The van der Waals surface area contributed by atoms with E-state index < -0.39 is 0 Å². The van der Waals surface area contributed by atoms with Crippen LogP contribution in [0.25, 0.3) is 22.0 Å². The molecular formula is C22H19N5. The SMILES string of the molecule is c1ccc(C2CCCN2c2nncc(-c3ccc4ccccc4c3)n2)nc1. The Morgan fingerprint density at radius 3 is 2.70 bits per heavy atom. The van der Waals surface area contributed by atoms with Crippen molar-refractivity contribution in [1.29, 1.82) is 0 Å². The first-order chi connectivity index (χ1) is 13.4. The molecule has 3 heterocycles. The van der Waals surface area contributed by atoms with Gasteiger partial charge in [0, 0.05) is 18.3 Å². The fraction of sp³-hybridized carbons (Fsp3) is 0.182. The van der Waals surface area contributed by atoms with Crippen molar-refractivity contribution < 1.29 is 0 Å². The lowest BCUT2D eigenvalue weighted by Gasteiger charge is -2.23. The maximum atomic E-state index is 4.83. The highest BCUT2D eigenvalue weighted by atomic mass is 15.3. The van der Waals surface area contributed by atoms with Crippen LogP contribution >= 0.6 is 0 Å². The molecule has 1 aliphatic heterocycles. The molecule has 0 radical (unpaired) electrons. The highest BCUT2D eigenvalue weighted by molar-refractivity contribution is 5.86. The Bertz CT molecular complexity index is 1080. The van der Waals surface area contributed by atoms with Crippen LogP contribution < -0.4 is 4.90 Å². The Balaban J connectivity index is 1.51. The molecule has 2 aromatic carbocycles. The molecule has 1 atom stereocenters. The Hall–Kier alpha value is -3.34. The zero-order valence-electron chi connectivity index (χ0n) is 14.9. The van der Waals surface area contributed by atoms with Crippen LogP contribution in [0, 0.1) is 0 Å². The number of rotatable bonds is 3. The monoisotopic (exact) mass is 353 g/mol. The molecule has 5 heteroatoms. The third-order valence-corrected chi connectivity index (χ3v) is 5.13. The predicted octanol–water partition coefficient (Wildman–Crippen LogP) is 4.43. The van der Waals surface area contributed by atoms with Gasteiger partial charge in [-0.25, -0.2) is 4.98 Å². The second kappa shape index (κ2) is 6.76. The zero-order valence-corrected chi connectivity index (χ0v) is 14.9. The number of pyridine rings is 1. The molecule has 2 aromatic heterocycles. The first-order valence-corrected chi connectivity index (χ1v) is 9.25. The van der Waals surface area contributed by atoms with Crippen molar-refractivity contribution >= 4 is 16.7 Å². The second-order valence-corrected chi connectivity index (χ2v) is 6.81. The Morgan fingerprint density at radius 2 is 1.81 bits per heavy atom. The molecule has 0 spiro atoms. The summed E-state index contributed by atoms with van der Waals surface area (Å²) in [6.07, 6.45) is 5.74. The summed E-state index contributed by atoms with van der Waals surface area (Å²) < 4.78 is 0. The quantitative estimate of drug-likeness (QED) is 0.545. The van der Waals surface area contributed by atoms with Gasteiger partial charge in [-0.2, -0.15) is 5.10 Å². The van der Waals surface area contributed by atoms with Crippen LogP contribution in [0.1, 0.15) is 24.6 Å². The Morgan fingerprint density at radius 1 is 0.926 bits per heavy atom. The van der Waals surface area contributed by atoms with Crippen molar-refractivity contribution in [1.82, 2.24) is 20.2 Å². The van der Waals surface area contributed by atoms with E-state index in [2.05, 4.69) is 68.6 Å². The van der Waals surface area contributed by atoms with Gasteiger partial charge in [0.25, 0.3) is 0 Å². The van der Waals surface area contributed by atoms with Gasteiger partial charge in [-0.15, -0.1) is 5.10 Å². The van der Waals surface area contributed by atoms with Gasteiger partial charge in [0.05, 0.1) is 23.6 Å². The lowest BCUT2D eigenvalue weighted by Crippen LogP contribution is -2.25. The van der Waals surface area contributed by atoms with E-state index in [9.17, 15) is 0 Å². The zero-order chi connectivity index (χ0) is 18.1. The molecule has 5 nitrogen and oxygen atoms in total. The summed E-state index contributed by atoms with van der Waals surface area (Å²) in [5, 5.41) is 11.0. The number of aromatic nitrogens is 4. The van der Waals surface area contributed by atoms with Crippen molar-refractivity contribution in [3.63, 3.8) is 0 Å². The molecule has 0 bridgehead atoms. The number of hydrogen-bond donors (Lipinski definition) is 0. The Labute approximate surface area is 157 Å². The number of anilines is 1. The van der Waals surface area contributed by atoms with Crippen molar-refractivity contribution in [3.8, 4) is 11.3 Å². The van der Waals surface area contributed by atoms with Crippen LogP contribution in [0.4, 0.5) is 5.95 Å². The van der Waals surface area contributed by atoms with E-state index in [0.29, 0.717) is 5.95 Å². The molecule has 132 valence electrons. The molecule has 0 aliphatic carbocycles. The van der Waals surface area contributed by atoms with Gasteiger partial charge in [-0.1, -0.05) is 42.5 Å². The summed E-state index contributed by atoms with van der Waals surface area (Å²) >= 11 is 0. The van der Waals surface area contributed by atoms with Crippen molar-refractivity contribution in [2.75, 3.05) is 11.4 Å². The first-order valence-electron chi connectivity index (χ1n) is 9.25. The van der Waals surface area contributed by atoms with E-state index >= 15 is 0 Å². The minimum absolute atomic E-state index is 0.208. The van der Waals surface area contributed by atoms with E-state index in [1.807, 2.05) is 18.3 Å². The van der Waals surface area contributed by atoms with E-state index in [1.165, 1.54) is 10.8 Å². The van der Waals surface area contributed by atoms with Gasteiger partial charge in [0.2, 0.25) is 5.95 Å². The molecule has 1 fully saturated rings. The van der Waals surface area contributed by atoms with E-state index in [0.717, 1.165) is 36.3 Å². The summed E-state index contributed by atoms with van der Waals surface area (Å²) in [4.78, 5) is 11.6. The van der Waals surface area contributed by atoms with Gasteiger partial charge in [0.1, 0.15) is 0 Å². The van der Waals surface area contributed by atoms with Crippen LogP contribution in [-0.4, -0.2) is 26.7 Å². The molecule has 27 heavy (non-hydrogen) atoms. The summed E-state index contributed by atoms with van der Waals surface area (Å²) in [5.74, 6) is 0.675. The Kier molecular flexibility index (Phi) is 3.98. The topological polar surface area (TPSA) is 54.8 Å². The maximum absolute atomic E-state index is 4.83. The summed E-state index contributed by atoms with van der Waals surface area (Å²) in [5.41, 5.74) is 2.96. The third kappa shape index (κ3) is 3.01. The van der Waals surface area contributed by atoms with Crippen molar-refractivity contribution in [3.05, 3.63) is 78.8 Å². The van der Waals surface area contributed by atoms with Crippen LogP contribution in [-0.2, 0) is 0 Å². The maximum Gasteiger partial charge on any atom is 0.246 e. The van der Waals surface area contributed by atoms with Gasteiger partial charge in [-0.3, -0.25) is 4.98 Å². The molecule has 4 aromatic rings. The highest BCUT2D eigenvalue weighted by Gasteiger charge is 2.29. The van der Waals surface area contributed by atoms with Crippen LogP contribution in [0.2, 0.25) is 0 Å². The molecule has 0 N–H and O–H groups in total. The first kappa shape index (κ1) is 15.9. The number of nitrogens with zero attached hydrogens (tertiary/aromatic N) is 5. The average Bonchev–Trinajstić information content (AvgIpc) is 3.24. The molecular weight excluding hydrogens is 334 g/mol. The lowest BCUT2D eigenvalue weighted by atomic mass is 10.1. The summed E-state index contributed by atoms with van der Waals surface area (Å²) in [6.45, 7) is 0.921. The lowest BCUT2D eigenvalue weighted by molar-refractivity contribution is 0.673. The van der Waals surface area contributed by atoms with Crippen molar-refractivity contribution in [2.24, 2.45) is 0 Å². The molecule has 5 rings (SSSR count). The van der Waals surface area contributed by atoms with Crippen LogP contribution in [0.5, 0.6) is 0 Å². The number of fused-ring (bicyclic) bond motifs is 1. The normalized spacial score (nSPS) is 16.7. The van der Waals surface area contributed by atoms with Gasteiger partial charge in [-0.05, 0) is 41.8 Å². The summed E-state index contributed by atoms with van der Waals surface area (Å²) in [7, 11) is 0.